The summed E-state index contributed by atoms with van der Waals surface area (Å²) in [6, 6.07) is 15.1. The Hall–Kier alpha value is -3.32. The lowest BCUT2D eigenvalue weighted by molar-refractivity contribution is -0.133. The molecule has 1 aliphatic heterocycles. The van der Waals surface area contributed by atoms with Crippen LogP contribution in [0.1, 0.15) is 54.4 Å². The van der Waals surface area contributed by atoms with Crippen LogP contribution in [0.5, 0.6) is 11.5 Å². The van der Waals surface area contributed by atoms with Gasteiger partial charge in [0.25, 0.3) is 5.91 Å². The molecule has 0 atom stereocenters. The van der Waals surface area contributed by atoms with Crippen molar-refractivity contribution in [3.63, 3.8) is 0 Å². The second-order valence-electron chi connectivity index (χ2n) is 10.5. The van der Waals surface area contributed by atoms with E-state index in [2.05, 4.69) is 4.90 Å². The molecular weight excluding hydrogens is 490 g/mol. The van der Waals surface area contributed by atoms with E-state index in [4.69, 9.17) is 9.47 Å². The van der Waals surface area contributed by atoms with Crippen LogP contribution in [0.25, 0.3) is 6.08 Å². The Labute approximate surface area is 233 Å². The van der Waals surface area contributed by atoms with Gasteiger partial charge in [0.15, 0.2) is 0 Å². The Morgan fingerprint density at radius 1 is 0.949 bits per heavy atom. The van der Waals surface area contributed by atoms with Crippen molar-refractivity contribution in [2.24, 2.45) is 5.92 Å². The molecule has 2 fully saturated rings. The number of carbonyl (C=O) groups excluding carboxylic acids is 2. The van der Waals surface area contributed by atoms with Crippen molar-refractivity contribution in [2.45, 2.75) is 38.5 Å². The quantitative estimate of drug-likeness (QED) is 0.385. The van der Waals surface area contributed by atoms with Gasteiger partial charge in [0.1, 0.15) is 11.5 Å². The highest BCUT2D eigenvalue weighted by molar-refractivity contribution is 5.94. The summed E-state index contributed by atoms with van der Waals surface area (Å²) < 4.78 is 10.7. The fourth-order valence-corrected chi connectivity index (χ4v) is 5.57. The van der Waals surface area contributed by atoms with Gasteiger partial charge in [-0.3, -0.25) is 14.5 Å². The SMILES string of the molecule is COc1ccc(C(=O)N(C/C=C/c2ccccc2OC)CCN2CCN(C(=O)CCC3CCCC3)CC2)cc1. The molecule has 7 nitrogen and oxygen atoms in total. The smallest absolute Gasteiger partial charge is 0.254 e. The lowest BCUT2D eigenvalue weighted by atomic mass is 10.0. The fraction of sp³-hybridized carbons (Fsp3) is 0.500. The third kappa shape index (κ3) is 8.33. The Morgan fingerprint density at radius 2 is 1.67 bits per heavy atom. The molecular formula is C32H43N3O4. The summed E-state index contributed by atoms with van der Waals surface area (Å²) in [5.74, 6) is 2.58. The van der Waals surface area contributed by atoms with E-state index < -0.39 is 0 Å². The number of amides is 2. The number of rotatable bonds is 12. The van der Waals surface area contributed by atoms with Crippen LogP contribution in [0.3, 0.4) is 0 Å². The number of carbonyl (C=O) groups is 2. The average Bonchev–Trinajstić information content (AvgIpc) is 3.51. The van der Waals surface area contributed by atoms with Crippen LogP contribution in [0.15, 0.2) is 54.6 Å². The minimum atomic E-state index is -0.0111. The van der Waals surface area contributed by atoms with Crippen molar-refractivity contribution in [3.8, 4) is 11.5 Å². The highest BCUT2D eigenvalue weighted by Gasteiger charge is 2.24. The van der Waals surface area contributed by atoms with Gasteiger partial charge in [0, 0.05) is 63.4 Å². The molecule has 1 saturated carbocycles. The van der Waals surface area contributed by atoms with Gasteiger partial charge >= 0.3 is 0 Å². The van der Waals surface area contributed by atoms with E-state index in [1.165, 1.54) is 25.7 Å². The second kappa shape index (κ2) is 14.7. The van der Waals surface area contributed by atoms with Crippen LogP contribution < -0.4 is 9.47 Å². The molecule has 210 valence electrons. The average molecular weight is 534 g/mol. The standard InChI is InChI=1S/C32H43N3O4/c1-38-29-16-14-28(15-17-29)32(37)35(19-7-11-27-10-5-6-12-30(27)39-2)25-22-33-20-23-34(24-21-33)31(36)18-13-26-8-3-4-9-26/h5-7,10-12,14-17,26H,3-4,8-9,13,18-25H2,1-2H3/b11-7+. The molecule has 0 bridgehead atoms. The number of nitrogens with zero attached hydrogens (tertiary/aromatic N) is 3. The van der Waals surface area contributed by atoms with Crippen molar-refractivity contribution >= 4 is 17.9 Å². The summed E-state index contributed by atoms with van der Waals surface area (Å²) in [7, 11) is 3.28. The van der Waals surface area contributed by atoms with E-state index in [0.29, 0.717) is 31.0 Å². The molecule has 4 rings (SSSR count). The van der Waals surface area contributed by atoms with Crippen LogP contribution >= 0.6 is 0 Å². The largest absolute Gasteiger partial charge is 0.497 e. The number of benzene rings is 2. The first kappa shape index (κ1) is 28.7. The maximum absolute atomic E-state index is 13.5. The molecule has 0 radical (unpaired) electrons. The molecule has 2 aromatic rings. The third-order valence-corrected chi connectivity index (χ3v) is 8.04. The van der Waals surface area contributed by atoms with Crippen molar-refractivity contribution in [3.05, 3.63) is 65.7 Å². The maximum Gasteiger partial charge on any atom is 0.254 e. The van der Waals surface area contributed by atoms with Gasteiger partial charge in [-0.1, -0.05) is 56.0 Å². The molecule has 0 unspecified atom stereocenters. The topological polar surface area (TPSA) is 62.3 Å². The van der Waals surface area contributed by atoms with Gasteiger partial charge in [-0.05, 0) is 42.7 Å². The van der Waals surface area contributed by atoms with Crippen molar-refractivity contribution in [2.75, 3.05) is 60.0 Å². The minimum absolute atomic E-state index is 0.0111. The van der Waals surface area contributed by atoms with Gasteiger partial charge in [0.05, 0.1) is 14.2 Å². The lowest BCUT2D eigenvalue weighted by Crippen LogP contribution is -2.50. The molecule has 7 heteroatoms. The van der Waals surface area contributed by atoms with Crippen LogP contribution in [0.4, 0.5) is 0 Å². The predicted molar refractivity (Wildman–Crippen MR) is 155 cm³/mol. The zero-order chi connectivity index (χ0) is 27.5. The lowest BCUT2D eigenvalue weighted by Gasteiger charge is -2.36. The normalized spacial score (nSPS) is 16.5. The fourth-order valence-electron chi connectivity index (χ4n) is 5.57. The van der Waals surface area contributed by atoms with Gasteiger partial charge in [-0.2, -0.15) is 0 Å². The third-order valence-electron chi connectivity index (χ3n) is 8.04. The van der Waals surface area contributed by atoms with Crippen molar-refractivity contribution in [1.82, 2.24) is 14.7 Å². The van der Waals surface area contributed by atoms with Gasteiger partial charge in [-0.25, -0.2) is 0 Å². The van der Waals surface area contributed by atoms with Crippen LogP contribution in [-0.4, -0.2) is 86.5 Å². The minimum Gasteiger partial charge on any atom is -0.497 e. The Bertz CT molecular complexity index is 1090. The van der Waals surface area contributed by atoms with Gasteiger partial charge in [-0.15, -0.1) is 0 Å². The number of hydrogen-bond acceptors (Lipinski definition) is 5. The van der Waals surface area contributed by atoms with E-state index in [9.17, 15) is 9.59 Å². The zero-order valence-electron chi connectivity index (χ0n) is 23.5. The van der Waals surface area contributed by atoms with Gasteiger partial charge < -0.3 is 19.3 Å². The number of piperazine rings is 1. The molecule has 0 spiro atoms. The molecule has 2 aliphatic rings. The van der Waals surface area contributed by atoms with E-state index in [1.54, 1.807) is 14.2 Å². The van der Waals surface area contributed by atoms with E-state index in [-0.39, 0.29) is 5.91 Å². The van der Waals surface area contributed by atoms with Gasteiger partial charge in [0.2, 0.25) is 5.91 Å². The zero-order valence-corrected chi connectivity index (χ0v) is 23.5. The highest BCUT2D eigenvalue weighted by Crippen LogP contribution is 2.28. The highest BCUT2D eigenvalue weighted by atomic mass is 16.5. The van der Waals surface area contributed by atoms with Crippen LogP contribution in [0.2, 0.25) is 0 Å². The summed E-state index contributed by atoms with van der Waals surface area (Å²) in [6.45, 7) is 5.09. The van der Waals surface area contributed by atoms with Crippen molar-refractivity contribution in [1.29, 1.82) is 0 Å². The first-order valence-electron chi connectivity index (χ1n) is 14.3. The number of para-hydroxylation sites is 1. The Morgan fingerprint density at radius 3 is 2.36 bits per heavy atom. The summed E-state index contributed by atoms with van der Waals surface area (Å²) in [5.41, 5.74) is 1.62. The number of methoxy groups -OCH3 is 2. The summed E-state index contributed by atoms with van der Waals surface area (Å²) in [6.07, 6.45) is 11.0. The monoisotopic (exact) mass is 533 g/mol. The molecule has 2 aromatic carbocycles. The van der Waals surface area contributed by atoms with Crippen LogP contribution in [-0.2, 0) is 4.79 Å². The maximum atomic E-state index is 13.5. The summed E-state index contributed by atoms with van der Waals surface area (Å²) in [4.78, 5) is 32.5. The Kier molecular flexibility index (Phi) is 10.8. The number of hydrogen-bond donors (Lipinski definition) is 0. The molecule has 1 aliphatic carbocycles. The first-order chi connectivity index (χ1) is 19.1. The molecule has 2 amide bonds. The van der Waals surface area contributed by atoms with E-state index in [0.717, 1.165) is 62.1 Å². The number of ether oxygens (including phenoxy) is 2. The summed E-state index contributed by atoms with van der Waals surface area (Å²) >= 11 is 0. The second-order valence-corrected chi connectivity index (χ2v) is 10.5. The predicted octanol–water partition coefficient (Wildman–Crippen LogP) is 4.97. The molecule has 1 saturated heterocycles. The molecule has 0 N–H and O–H groups in total. The molecule has 0 aromatic heterocycles. The van der Waals surface area contributed by atoms with Crippen molar-refractivity contribution < 1.29 is 19.1 Å². The Balaban J connectivity index is 1.32. The molecule has 39 heavy (non-hydrogen) atoms. The van der Waals surface area contributed by atoms with E-state index in [1.807, 2.05) is 70.5 Å². The first-order valence-corrected chi connectivity index (χ1v) is 14.3. The molecule has 1 heterocycles. The summed E-state index contributed by atoms with van der Waals surface area (Å²) in [5, 5.41) is 0. The van der Waals surface area contributed by atoms with Crippen LogP contribution in [0, 0.1) is 5.92 Å². The van der Waals surface area contributed by atoms with E-state index >= 15 is 0 Å².